The Hall–Kier alpha value is -4.00. The standard InChI is InChI=1S/C23H20N4O3/c1-15-12-20-21(26-27(25-20)17-8-10-18(30-2)11-9-17)13-19(15)24-23(29)14-22(28)16-6-4-3-5-7-16/h3-13H,14H2,1-2H3,(H,24,29). The van der Waals surface area contributed by atoms with Crippen molar-refractivity contribution in [1.82, 2.24) is 15.0 Å². The average Bonchev–Trinajstić information content (AvgIpc) is 3.17. The van der Waals surface area contributed by atoms with E-state index in [4.69, 9.17) is 4.74 Å². The van der Waals surface area contributed by atoms with E-state index in [1.54, 1.807) is 37.4 Å². The molecular weight excluding hydrogens is 380 g/mol. The molecule has 0 aliphatic heterocycles. The van der Waals surface area contributed by atoms with Crippen molar-refractivity contribution in [2.24, 2.45) is 0 Å². The Morgan fingerprint density at radius 2 is 1.63 bits per heavy atom. The van der Waals surface area contributed by atoms with Gasteiger partial charge in [0.1, 0.15) is 16.8 Å². The van der Waals surface area contributed by atoms with Crippen molar-refractivity contribution in [2.45, 2.75) is 13.3 Å². The number of aromatic nitrogens is 3. The van der Waals surface area contributed by atoms with Gasteiger partial charge in [-0.2, -0.15) is 4.80 Å². The van der Waals surface area contributed by atoms with E-state index < -0.39 is 0 Å². The second kappa shape index (κ2) is 8.16. The van der Waals surface area contributed by atoms with E-state index in [1.807, 2.05) is 43.3 Å². The zero-order valence-electron chi connectivity index (χ0n) is 16.6. The fourth-order valence-corrected chi connectivity index (χ4v) is 3.10. The molecule has 7 nitrogen and oxygen atoms in total. The van der Waals surface area contributed by atoms with Gasteiger partial charge in [-0.3, -0.25) is 9.59 Å². The fraction of sp³-hybridized carbons (Fsp3) is 0.130. The molecule has 3 aromatic carbocycles. The molecule has 0 atom stereocenters. The summed E-state index contributed by atoms with van der Waals surface area (Å²) in [6.07, 6.45) is -0.222. The van der Waals surface area contributed by atoms with Crippen LogP contribution in [0.5, 0.6) is 5.75 Å². The number of anilines is 1. The molecular formula is C23H20N4O3. The SMILES string of the molecule is COc1ccc(-n2nc3cc(C)c(NC(=O)CC(=O)c4ccccc4)cc3n2)cc1. The lowest BCUT2D eigenvalue weighted by Gasteiger charge is -2.08. The van der Waals surface area contributed by atoms with Gasteiger partial charge < -0.3 is 10.1 Å². The number of fused-ring (bicyclic) bond motifs is 1. The molecule has 0 spiro atoms. The number of rotatable bonds is 6. The number of carbonyl (C=O) groups is 2. The number of nitrogens with zero attached hydrogens (tertiary/aromatic N) is 3. The first kappa shape index (κ1) is 19.3. The molecule has 1 N–H and O–H groups in total. The van der Waals surface area contributed by atoms with Crippen molar-refractivity contribution in [3.05, 3.63) is 77.9 Å². The number of carbonyl (C=O) groups excluding carboxylic acids is 2. The molecule has 1 aromatic heterocycles. The second-order valence-corrected chi connectivity index (χ2v) is 6.86. The maximum atomic E-state index is 12.4. The van der Waals surface area contributed by atoms with Crippen molar-refractivity contribution >= 4 is 28.4 Å². The average molecular weight is 400 g/mol. The number of methoxy groups -OCH3 is 1. The predicted octanol–water partition coefficient (Wildman–Crippen LogP) is 3.95. The van der Waals surface area contributed by atoms with Crippen LogP contribution in [0.1, 0.15) is 22.3 Å². The maximum absolute atomic E-state index is 12.4. The molecule has 1 heterocycles. The summed E-state index contributed by atoms with van der Waals surface area (Å²) >= 11 is 0. The molecule has 0 bridgehead atoms. The second-order valence-electron chi connectivity index (χ2n) is 6.86. The highest BCUT2D eigenvalue weighted by atomic mass is 16.5. The lowest BCUT2D eigenvalue weighted by atomic mass is 10.1. The smallest absolute Gasteiger partial charge is 0.232 e. The van der Waals surface area contributed by atoms with Gasteiger partial charge in [-0.25, -0.2) is 0 Å². The van der Waals surface area contributed by atoms with Gasteiger partial charge in [0, 0.05) is 11.3 Å². The number of aryl methyl sites for hydroxylation is 1. The largest absolute Gasteiger partial charge is 0.497 e. The van der Waals surface area contributed by atoms with E-state index in [0.29, 0.717) is 22.3 Å². The highest BCUT2D eigenvalue weighted by Crippen LogP contribution is 2.23. The predicted molar refractivity (Wildman–Crippen MR) is 114 cm³/mol. The van der Waals surface area contributed by atoms with Crippen molar-refractivity contribution in [3.63, 3.8) is 0 Å². The maximum Gasteiger partial charge on any atom is 0.232 e. The molecule has 7 heteroatoms. The minimum Gasteiger partial charge on any atom is -0.497 e. The summed E-state index contributed by atoms with van der Waals surface area (Å²) in [5, 5.41) is 11.8. The lowest BCUT2D eigenvalue weighted by Crippen LogP contribution is -2.17. The number of hydrogen-bond acceptors (Lipinski definition) is 5. The van der Waals surface area contributed by atoms with Gasteiger partial charge >= 0.3 is 0 Å². The summed E-state index contributed by atoms with van der Waals surface area (Å²) in [5.41, 5.74) is 4.11. The monoisotopic (exact) mass is 400 g/mol. The summed E-state index contributed by atoms with van der Waals surface area (Å²) < 4.78 is 5.17. The van der Waals surface area contributed by atoms with Crippen molar-refractivity contribution in [2.75, 3.05) is 12.4 Å². The van der Waals surface area contributed by atoms with Crippen LogP contribution in [0.4, 0.5) is 5.69 Å². The molecule has 0 fully saturated rings. The van der Waals surface area contributed by atoms with E-state index in [0.717, 1.165) is 17.0 Å². The Morgan fingerprint density at radius 3 is 2.30 bits per heavy atom. The number of hydrogen-bond donors (Lipinski definition) is 1. The summed E-state index contributed by atoms with van der Waals surface area (Å²) in [6, 6.07) is 19.8. The topological polar surface area (TPSA) is 86.1 Å². The Labute approximate surface area is 173 Å². The van der Waals surface area contributed by atoms with Crippen LogP contribution < -0.4 is 10.1 Å². The van der Waals surface area contributed by atoms with Crippen LogP contribution in [0.25, 0.3) is 16.7 Å². The molecule has 0 saturated carbocycles. The van der Waals surface area contributed by atoms with Gasteiger partial charge in [0.05, 0.1) is 19.2 Å². The number of ether oxygens (including phenoxy) is 1. The van der Waals surface area contributed by atoms with E-state index in [-0.39, 0.29) is 18.1 Å². The molecule has 4 aromatic rings. The number of ketones is 1. The third-order valence-corrected chi connectivity index (χ3v) is 4.72. The van der Waals surface area contributed by atoms with Crippen LogP contribution in [0.15, 0.2) is 66.7 Å². The van der Waals surface area contributed by atoms with Gasteiger partial charge in [0.15, 0.2) is 5.78 Å². The summed E-state index contributed by atoms with van der Waals surface area (Å²) in [5.74, 6) is 0.160. The van der Waals surface area contributed by atoms with E-state index >= 15 is 0 Å². The molecule has 0 aliphatic carbocycles. The van der Waals surface area contributed by atoms with Crippen LogP contribution in [-0.4, -0.2) is 33.8 Å². The van der Waals surface area contributed by atoms with Gasteiger partial charge in [-0.15, -0.1) is 10.2 Å². The first-order chi connectivity index (χ1) is 14.5. The molecule has 4 rings (SSSR count). The molecule has 150 valence electrons. The highest BCUT2D eigenvalue weighted by molar-refractivity contribution is 6.11. The van der Waals surface area contributed by atoms with Crippen LogP contribution in [0, 0.1) is 6.92 Å². The van der Waals surface area contributed by atoms with Crippen LogP contribution in [-0.2, 0) is 4.79 Å². The number of Topliss-reactive ketones (excluding diaryl/α,β-unsaturated/α-hetero) is 1. The molecule has 0 aliphatic rings. The Morgan fingerprint density at radius 1 is 0.967 bits per heavy atom. The van der Waals surface area contributed by atoms with Gasteiger partial charge in [-0.1, -0.05) is 30.3 Å². The number of benzene rings is 3. The minimum absolute atomic E-state index is 0.222. The van der Waals surface area contributed by atoms with Gasteiger partial charge in [-0.05, 0) is 48.9 Å². The van der Waals surface area contributed by atoms with E-state index in [2.05, 4.69) is 15.5 Å². The van der Waals surface area contributed by atoms with Crippen LogP contribution >= 0.6 is 0 Å². The first-order valence-electron chi connectivity index (χ1n) is 9.44. The minimum atomic E-state index is -0.367. The van der Waals surface area contributed by atoms with E-state index in [9.17, 15) is 9.59 Å². The summed E-state index contributed by atoms with van der Waals surface area (Å²) in [4.78, 5) is 26.2. The Bertz CT molecular complexity index is 1210. The van der Waals surface area contributed by atoms with Gasteiger partial charge in [0.25, 0.3) is 0 Å². The fourth-order valence-electron chi connectivity index (χ4n) is 3.10. The van der Waals surface area contributed by atoms with E-state index in [1.165, 1.54) is 4.80 Å². The Balaban J connectivity index is 1.53. The first-order valence-corrected chi connectivity index (χ1v) is 9.44. The molecule has 0 radical (unpaired) electrons. The third kappa shape index (κ3) is 4.05. The van der Waals surface area contributed by atoms with Crippen molar-refractivity contribution in [3.8, 4) is 11.4 Å². The molecule has 30 heavy (non-hydrogen) atoms. The quantitative estimate of drug-likeness (QED) is 0.391. The third-order valence-electron chi connectivity index (χ3n) is 4.72. The molecule has 1 amide bonds. The molecule has 0 saturated heterocycles. The molecule has 0 unspecified atom stereocenters. The van der Waals surface area contributed by atoms with Crippen LogP contribution in [0.3, 0.4) is 0 Å². The number of amides is 1. The zero-order chi connectivity index (χ0) is 21.1. The van der Waals surface area contributed by atoms with Gasteiger partial charge in [0.2, 0.25) is 5.91 Å². The Kier molecular flexibility index (Phi) is 5.26. The number of nitrogens with one attached hydrogen (secondary N) is 1. The highest BCUT2D eigenvalue weighted by Gasteiger charge is 2.14. The van der Waals surface area contributed by atoms with Crippen LogP contribution in [0.2, 0.25) is 0 Å². The summed E-state index contributed by atoms with van der Waals surface area (Å²) in [7, 11) is 1.61. The van der Waals surface area contributed by atoms with Crippen molar-refractivity contribution in [1.29, 1.82) is 0 Å². The lowest BCUT2D eigenvalue weighted by molar-refractivity contribution is -0.115. The van der Waals surface area contributed by atoms with Crippen molar-refractivity contribution < 1.29 is 14.3 Å². The normalized spacial score (nSPS) is 10.7. The summed E-state index contributed by atoms with van der Waals surface area (Å²) in [6.45, 7) is 1.88. The zero-order valence-corrected chi connectivity index (χ0v) is 16.6.